The molecule has 0 atom stereocenters. The Balaban J connectivity index is 0.000000165. The van der Waals surface area contributed by atoms with Crippen LogP contribution in [-0.4, -0.2) is 52.3 Å². The van der Waals surface area contributed by atoms with Gasteiger partial charge in [0, 0.05) is 32.9 Å². The Kier molecular flexibility index (Phi) is 5.90. The lowest BCUT2D eigenvalue weighted by Crippen LogP contribution is -2.32. The zero-order valence-electron chi connectivity index (χ0n) is 10.5. The van der Waals surface area contributed by atoms with Crippen molar-refractivity contribution >= 4 is 5.69 Å². The minimum absolute atomic E-state index is 0.913. The lowest BCUT2D eigenvalue weighted by Gasteiger charge is -2.21. The highest BCUT2D eigenvalue weighted by Crippen LogP contribution is 2.07. The number of morpholine rings is 1. The number of nitrogens with zero attached hydrogens (tertiary/aromatic N) is 2. The van der Waals surface area contributed by atoms with E-state index in [2.05, 4.69) is 29.0 Å². The van der Waals surface area contributed by atoms with E-state index in [0.29, 0.717) is 0 Å². The van der Waals surface area contributed by atoms with Crippen LogP contribution < -0.4 is 4.90 Å². The van der Waals surface area contributed by atoms with Gasteiger partial charge in [-0.05, 0) is 19.2 Å². The monoisotopic (exact) mass is 222 g/mol. The van der Waals surface area contributed by atoms with Gasteiger partial charge in [-0.1, -0.05) is 18.2 Å². The Morgan fingerprint density at radius 2 is 1.62 bits per heavy atom. The van der Waals surface area contributed by atoms with Crippen LogP contribution in [0.15, 0.2) is 30.3 Å². The lowest BCUT2D eigenvalue weighted by atomic mass is 10.3. The minimum Gasteiger partial charge on any atom is -0.379 e. The van der Waals surface area contributed by atoms with Crippen molar-refractivity contribution in [3.05, 3.63) is 30.3 Å². The van der Waals surface area contributed by atoms with Gasteiger partial charge < -0.3 is 14.5 Å². The molecule has 0 unspecified atom stereocenters. The second-order valence-electron chi connectivity index (χ2n) is 4.15. The fraction of sp³-hybridized carbons (Fsp3) is 0.538. The molecule has 0 aromatic heterocycles. The van der Waals surface area contributed by atoms with Crippen LogP contribution in [0.25, 0.3) is 0 Å². The molecule has 1 aliphatic heterocycles. The van der Waals surface area contributed by atoms with Gasteiger partial charge in [0.2, 0.25) is 0 Å². The van der Waals surface area contributed by atoms with Crippen molar-refractivity contribution < 1.29 is 4.74 Å². The maximum atomic E-state index is 5.10. The molecule has 3 nitrogen and oxygen atoms in total. The van der Waals surface area contributed by atoms with Crippen molar-refractivity contribution in [3.8, 4) is 0 Å². The number of para-hydroxylation sites is 1. The van der Waals surface area contributed by atoms with Crippen molar-refractivity contribution in [1.29, 1.82) is 0 Å². The van der Waals surface area contributed by atoms with Gasteiger partial charge in [0.15, 0.2) is 0 Å². The van der Waals surface area contributed by atoms with E-state index >= 15 is 0 Å². The highest BCUT2D eigenvalue weighted by Gasteiger charge is 2.02. The maximum absolute atomic E-state index is 5.10. The van der Waals surface area contributed by atoms with Gasteiger partial charge >= 0.3 is 0 Å². The maximum Gasteiger partial charge on any atom is 0.0594 e. The number of anilines is 1. The third kappa shape index (κ3) is 5.14. The Bertz CT molecular complexity index is 269. The van der Waals surface area contributed by atoms with E-state index in [1.165, 1.54) is 5.69 Å². The van der Waals surface area contributed by atoms with E-state index in [9.17, 15) is 0 Å². The van der Waals surface area contributed by atoms with Crippen LogP contribution in [0.5, 0.6) is 0 Å². The molecule has 90 valence electrons. The normalized spacial score (nSPS) is 16.2. The molecule has 1 heterocycles. The van der Waals surface area contributed by atoms with E-state index in [4.69, 9.17) is 4.74 Å². The van der Waals surface area contributed by atoms with Gasteiger partial charge in [0.25, 0.3) is 0 Å². The smallest absolute Gasteiger partial charge is 0.0594 e. The van der Waals surface area contributed by atoms with Crippen LogP contribution in [0.1, 0.15) is 0 Å². The summed E-state index contributed by atoms with van der Waals surface area (Å²) >= 11 is 0. The summed E-state index contributed by atoms with van der Waals surface area (Å²) in [6, 6.07) is 10.3. The highest BCUT2D eigenvalue weighted by molar-refractivity contribution is 5.43. The molecule has 1 saturated heterocycles. The number of ether oxygens (including phenoxy) is 1. The van der Waals surface area contributed by atoms with Gasteiger partial charge in [0.05, 0.1) is 13.2 Å². The molecule has 2 rings (SSSR count). The molecule has 0 radical (unpaired) electrons. The molecule has 0 aliphatic carbocycles. The summed E-state index contributed by atoms with van der Waals surface area (Å²) in [5, 5.41) is 0. The molecule has 0 saturated carbocycles. The Hall–Kier alpha value is -1.06. The number of benzene rings is 1. The Morgan fingerprint density at radius 1 is 1.06 bits per heavy atom. The first-order valence-corrected chi connectivity index (χ1v) is 5.69. The van der Waals surface area contributed by atoms with Gasteiger partial charge in [0.1, 0.15) is 0 Å². The molecule has 0 bridgehead atoms. The van der Waals surface area contributed by atoms with Crippen LogP contribution in [-0.2, 0) is 4.74 Å². The summed E-state index contributed by atoms with van der Waals surface area (Å²) in [4.78, 5) is 4.35. The predicted molar refractivity (Wildman–Crippen MR) is 69.1 cm³/mol. The number of hydrogen-bond donors (Lipinski definition) is 0. The quantitative estimate of drug-likeness (QED) is 0.719. The van der Waals surface area contributed by atoms with Crippen LogP contribution in [0.4, 0.5) is 5.69 Å². The number of likely N-dealkylation sites (N-methyl/N-ethyl adjacent to an activating group) is 1. The van der Waals surface area contributed by atoms with Crippen molar-refractivity contribution in [3.63, 3.8) is 0 Å². The van der Waals surface area contributed by atoms with Gasteiger partial charge in [-0.25, -0.2) is 0 Å². The number of rotatable bonds is 1. The standard InChI is InChI=1S/C8H11N.C5H11NO/c1-9(2)8-6-4-3-5-7-8;1-6-2-4-7-5-3-6/h3-7H,1-2H3;2-5H2,1H3. The average Bonchev–Trinajstić information content (AvgIpc) is 2.32. The SMILES string of the molecule is CN(C)c1ccccc1.CN1CCOCC1. The number of hydrogen-bond acceptors (Lipinski definition) is 3. The molecule has 3 heteroatoms. The van der Waals surface area contributed by atoms with Crippen molar-refractivity contribution in [1.82, 2.24) is 4.90 Å². The molecular formula is C13H22N2O. The molecule has 0 spiro atoms. The Labute approximate surface area is 98.6 Å². The summed E-state index contributed by atoms with van der Waals surface area (Å²) in [6.45, 7) is 4.02. The summed E-state index contributed by atoms with van der Waals surface area (Å²) in [5.41, 5.74) is 1.25. The molecular weight excluding hydrogens is 200 g/mol. The first kappa shape index (κ1) is 13.0. The summed E-state index contributed by atoms with van der Waals surface area (Å²) in [6.07, 6.45) is 0. The fourth-order valence-corrected chi connectivity index (χ4v) is 1.38. The van der Waals surface area contributed by atoms with Gasteiger partial charge in [-0.2, -0.15) is 0 Å². The van der Waals surface area contributed by atoms with Crippen molar-refractivity contribution in [2.75, 3.05) is 52.3 Å². The zero-order valence-corrected chi connectivity index (χ0v) is 10.5. The van der Waals surface area contributed by atoms with Crippen LogP contribution in [0, 0.1) is 0 Å². The zero-order chi connectivity index (χ0) is 11.8. The predicted octanol–water partition coefficient (Wildman–Crippen LogP) is 1.70. The summed E-state index contributed by atoms with van der Waals surface area (Å²) in [5.74, 6) is 0. The summed E-state index contributed by atoms with van der Waals surface area (Å²) < 4.78 is 5.10. The first-order chi connectivity index (χ1) is 7.70. The lowest BCUT2D eigenvalue weighted by molar-refractivity contribution is 0.0503. The largest absolute Gasteiger partial charge is 0.379 e. The first-order valence-electron chi connectivity index (χ1n) is 5.69. The molecule has 16 heavy (non-hydrogen) atoms. The van der Waals surface area contributed by atoms with E-state index < -0.39 is 0 Å². The third-order valence-electron chi connectivity index (χ3n) is 2.51. The van der Waals surface area contributed by atoms with Crippen LogP contribution in [0.2, 0.25) is 0 Å². The van der Waals surface area contributed by atoms with E-state index in [1.807, 2.05) is 32.3 Å². The van der Waals surface area contributed by atoms with E-state index in [1.54, 1.807) is 0 Å². The average molecular weight is 222 g/mol. The van der Waals surface area contributed by atoms with Crippen LogP contribution in [0.3, 0.4) is 0 Å². The molecule has 1 aliphatic rings. The van der Waals surface area contributed by atoms with Crippen molar-refractivity contribution in [2.24, 2.45) is 0 Å². The fourth-order valence-electron chi connectivity index (χ4n) is 1.38. The van der Waals surface area contributed by atoms with Crippen LogP contribution >= 0.6 is 0 Å². The summed E-state index contributed by atoms with van der Waals surface area (Å²) in [7, 11) is 6.19. The van der Waals surface area contributed by atoms with Gasteiger partial charge in [-0.3, -0.25) is 0 Å². The van der Waals surface area contributed by atoms with E-state index in [-0.39, 0.29) is 0 Å². The van der Waals surface area contributed by atoms with E-state index in [0.717, 1.165) is 26.3 Å². The molecule has 0 N–H and O–H groups in total. The highest BCUT2D eigenvalue weighted by atomic mass is 16.5. The molecule has 1 aromatic carbocycles. The Morgan fingerprint density at radius 3 is 1.94 bits per heavy atom. The second-order valence-corrected chi connectivity index (χ2v) is 4.15. The van der Waals surface area contributed by atoms with Gasteiger partial charge in [-0.15, -0.1) is 0 Å². The molecule has 1 fully saturated rings. The topological polar surface area (TPSA) is 15.7 Å². The molecule has 0 amide bonds. The van der Waals surface area contributed by atoms with Crippen molar-refractivity contribution in [2.45, 2.75) is 0 Å². The second kappa shape index (κ2) is 7.25. The third-order valence-corrected chi connectivity index (χ3v) is 2.51. The molecule has 1 aromatic rings. The minimum atomic E-state index is 0.913.